The van der Waals surface area contributed by atoms with Crippen LogP contribution in [0, 0.1) is 0 Å². The third-order valence-corrected chi connectivity index (χ3v) is 7.02. The molecule has 0 spiro atoms. The molecule has 2 N–H and O–H groups in total. The number of carbonyl (C=O) groups excluding carboxylic acids is 1. The first-order valence-corrected chi connectivity index (χ1v) is 12.5. The zero-order chi connectivity index (χ0) is 23.0. The summed E-state index contributed by atoms with van der Waals surface area (Å²) < 4.78 is 11.8. The number of nitrogens with zero attached hydrogens (tertiary/aromatic N) is 3. The fourth-order valence-electron chi connectivity index (χ4n) is 3.30. The lowest BCUT2D eigenvalue weighted by Crippen LogP contribution is -2.36. The molecule has 0 aliphatic carbocycles. The molecule has 1 aliphatic rings. The molecule has 33 heavy (non-hydrogen) atoms. The summed E-state index contributed by atoms with van der Waals surface area (Å²) in [6, 6.07) is 15.6. The average molecular weight is 486 g/mol. The second-order valence-electron chi connectivity index (χ2n) is 7.32. The first-order valence-electron chi connectivity index (χ1n) is 10.8. The fourth-order valence-corrected chi connectivity index (χ4v) is 5.21. The zero-order valence-electron chi connectivity index (χ0n) is 18.6. The minimum absolute atomic E-state index is 0.0782. The minimum Gasteiger partial charge on any atom is -0.492 e. The van der Waals surface area contributed by atoms with Gasteiger partial charge in [0.2, 0.25) is 11.0 Å². The van der Waals surface area contributed by atoms with Crippen molar-refractivity contribution in [1.82, 2.24) is 10.2 Å². The molecule has 0 radical (unpaired) electrons. The number of hydrogen-bond donors (Lipinski definition) is 2. The molecule has 1 aromatic heterocycles. The van der Waals surface area contributed by atoms with Crippen LogP contribution in [0.1, 0.15) is 13.8 Å². The third-order valence-electron chi connectivity index (χ3n) is 4.99. The predicted molar refractivity (Wildman–Crippen MR) is 134 cm³/mol. The van der Waals surface area contributed by atoms with Gasteiger partial charge in [-0.25, -0.2) is 0 Å². The van der Waals surface area contributed by atoms with E-state index in [2.05, 4.69) is 25.7 Å². The molecule has 1 aliphatic heterocycles. The van der Waals surface area contributed by atoms with Gasteiger partial charge in [-0.05, 0) is 50.2 Å². The number of para-hydroxylation sites is 2. The summed E-state index contributed by atoms with van der Waals surface area (Å²) in [4.78, 5) is 15.0. The first kappa shape index (κ1) is 23.3. The molecule has 1 unspecified atom stereocenters. The van der Waals surface area contributed by atoms with Crippen molar-refractivity contribution in [2.75, 3.05) is 48.4 Å². The maximum atomic E-state index is 12.7. The molecule has 2 heterocycles. The van der Waals surface area contributed by atoms with Gasteiger partial charge in [0.1, 0.15) is 5.75 Å². The Hall–Kier alpha value is -2.82. The van der Waals surface area contributed by atoms with Crippen LogP contribution in [0.3, 0.4) is 0 Å². The quantitative estimate of drug-likeness (QED) is 0.424. The lowest BCUT2D eigenvalue weighted by atomic mass is 10.2. The Kier molecular flexibility index (Phi) is 8.03. The van der Waals surface area contributed by atoms with Gasteiger partial charge in [0.25, 0.3) is 0 Å². The number of benzene rings is 2. The molecule has 1 amide bonds. The SMILES string of the molecule is CCOc1ccccc1Nc1nnc(SC(C)C(=O)Nc2ccc(N3CCOCC3)cc2)s1. The lowest BCUT2D eigenvalue weighted by molar-refractivity contribution is -0.115. The van der Waals surface area contributed by atoms with Crippen LogP contribution in [0.25, 0.3) is 0 Å². The van der Waals surface area contributed by atoms with Gasteiger partial charge >= 0.3 is 0 Å². The van der Waals surface area contributed by atoms with E-state index in [1.807, 2.05) is 62.4 Å². The minimum atomic E-state index is -0.319. The van der Waals surface area contributed by atoms with E-state index in [0.717, 1.165) is 53.5 Å². The van der Waals surface area contributed by atoms with Crippen molar-refractivity contribution in [3.8, 4) is 5.75 Å². The molecule has 10 heteroatoms. The summed E-state index contributed by atoms with van der Waals surface area (Å²) in [6.45, 7) is 7.65. The number of hydrogen-bond acceptors (Lipinski definition) is 9. The highest BCUT2D eigenvalue weighted by atomic mass is 32.2. The van der Waals surface area contributed by atoms with Crippen molar-refractivity contribution in [1.29, 1.82) is 0 Å². The number of rotatable bonds is 9. The summed E-state index contributed by atoms with van der Waals surface area (Å²) in [5, 5.41) is 15.0. The number of thioether (sulfide) groups is 1. The number of nitrogens with one attached hydrogen (secondary N) is 2. The highest BCUT2D eigenvalue weighted by Crippen LogP contribution is 2.33. The molecular weight excluding hydrogens is 458 g/mol. The monoisotopic (exact) mass is 485 g/mol. The zero-order valence-corrected chi connectivity index (χ0v) is 20.2. The number of ether oxygens (including phenoxy) is 2. The van der Waals surface area contributed by atoms with Crippen molar-refractivity contribution in [2.24, 2.45) is 0 Å². The number of amides is 1. The van der Waals surface area contributed by atoms with Gasteiger partial charge in [-0.2, -0.15) is 0 Å². The van der Waals surface area contributed by atoms with E-state index >= 15 is 0 Å². The molecule has 4 rings (SSSR count). The molecule has 1 fully saturated rings. The summed E-state index contributed by atoms with van der Waals surface area (Å²) >= 11 is 2.78. The summed E-state index contributed by atoms with van der Waals surface area (Å²) in [5.74, 6) is 0.683. The van der Waals surface area contributed by atoms with Gasteiger partial charge in [-0.3, -0.25) is 4.79 Å². The highest BCUT2D eigenvalue weighted by Gasteiger charge is 2.18. The molecule has 1 saturated heterocycles. The van der Waals surface area contributed by atoms with Gasteiger partial charge in [0.05, 0.1) is 30.8 Å². The van der Waals surface area contributed by atoms with Crippen LogP contribution in [-0.2, 0) is 9.53 Å². The Balaban J connectivity index is 1.31. The molecule has 2 aromatic carbocycles. The molecule has 8 nitrogen and oxygen atoms in total. The molecule has 1 atom stereocenters. The normalized spacial score (nSPS) is 14.5. The summed E-state index contributed by atoms with van der Waals surface area (Å²) in [7, 11) is 0. The van der Waals surface area contributed by atoms with Crippen molar-refractivity contribution in [2.45, 2.75) is 23.4 Å². The molecule has 174 valence electrons. The maximum Gasteiger partial charge on any atom is 0.237 e. The van der Waals surface area contributed by atoms with Gasteiger partial charge in [-0.15, -0.1) is 10.2 Å². The standard InChI is InChI=1S/C23H27N5O3S2/c1-3-31-20-7-5-4-6-19(20)25-22-26-27-23(33-22)32-16(2)21(29)24-17-8-10-18(11-9-17)28-12-14-30-15-13-28/h4-11,16H,3,12-15H2,1-2H3,(H,24,29)(H,25,26). The van der Waals surface area contributed by atoms with Crippen LogP contribution in [-0.4, -0.2) is 54.3 Å². The number of anilines is 4. The van der Waals surface area contributed by atoms with E-state index in [4.69, 9.17) is 9.47 Å². The van der Waals surface area contributed by atoms with Crippen LogP contribution < -0.4 is 20.3 Å². The third kappa shape index (κ3) is 6.37. The summed E-state index contributed by atoms with van der Waals surface area (Å²) in [5.41, 5.74) is 2.74. The highest BCUT2D eigenvalue weighted by molar-refractivity contribution is 8.02. The van der Waals surface area contributed by atoms with E-state index in [-0.39, 0.29) is 11.2 Å². The second-order valence-corrected chi connectivity index (χ2v) is 9.89. The largest absolute Gasteiger partial charge is 0.492 e. The lowest BCUT2D eigenvalue weighted by Gasteiger charge is -2.28. The number of carbonyl (C=O) groups is 1. The molecular formula is C23H27N5O3S2. The van der Waals surface area contributed by atoms with Gasteiger partial charge in [0.15, 0.2) is 4.34 Å². The van der Waals surface area contributed by atoms with Crippen LogP contribution in [0.15, 0.2) is 52.9 Å². The van der Waals surface area contributed by atoms with Crippen molar-refractivity contribution >= 4 is 51.2 Å². The Bertz CT molecular complexity index is 1050. The average Bonchev–Trinajstić information content (AvgIpc) is 3.28. The Morgan fingerprint density at radius 2 is 1.94 bits per heavy atom. The smallest absolute Gasteiger partial charge is 0.237 e. The van der Waals surface area contributed by atoms with Crippen LogP contribution in [0.2, 0.25) is 0 Å². The van der Waals surface area contributed by atoms with Crippen LogP contribution in [0.5, 0.6) is 5.75 Å². The summed E-state index contributed by atoms with van der Waals surface area (Å²) in [6.07, 6.45) is 0. The van der Waals surface area contributed by atoms with E-state index in [1.165, 1.54) is 23.1 Å². The predicted octanol–water partition coefficient (Wildman–Crippen LogP) is 4.64. The molecule has 0 saturated carbocycles. The van der Waals surface area contributed by atoms with Gasteiger partial charge < -0.3 is 25.0 Å². The Morgan fingerprint density at radius 1 is 1.18 bits per heavy atom. The van der Waals surface area contributed by atoms with Crippen LogP contribution in [0.4, 0.5) is 22.2 Å². The number of aromatic nitrogens is 2. The van der Waals surface area contributed by atoms with Gasteiger partial charge in [-0.1, -0.05) is 35.2 Å². The maximum absolute atomic E-state index is 12.7. The molecule has 0 bridgehead atoms. The number of morpholine rings is 1. The van der Waals surface area contributed by atoms with E-state index in [9.17, 15) is 4.79 Å². The Morgan fingerprint density at radius 3 is 2.70 bits per heavy atom. The van der Waals surface area contributed by atoms with Crippen molar-refractivity contribution in [3.05, 3.63) is 48.5 Å². The van der Waals surface area contributed by atoms with Gasteiger partial charge in [0, 0.05) is 24.5 Å². The topological polar surface area (TPSA) is 88.6 Å². The molecule has 3 aromatic rings. The van der Waals surface area contributed by atoms with Crippen LogP contribution >= 0.6 is 23.1 Å². The second kappa shape index (κ2) is 11.4. The van der Waals surface area contributed by atoms with E-state index in [1.54, 1.807) is 0 Å². The van der Waals surface area contributed by atoms with Crippen molar-refractivity contribution < 1.29 is 14.3 Å². The van der Waals surface area contributed by atoms with E-state index < -0.39 is 0 Å². The fraction of sp³-hybridized carbons (Fsp3) is 0.348. The van der Waals surface area contributed by atoms with Crippen molar-refractivity contribution in [3.63, 3.8) is 0 Å². The first-order chi connectivity index (χ1) is 16.1. The van der Waals surface area contributed by atoms with E-state index in [0.29, 0.717) is 11.7 Å². The Labute approximate surface area is 201 Å².